The Morgan fingerprint density at radius 3 is 2.23 bits per heavy atom. The molecule has 0 aromatic rings. The maximum Gasteiger partial charge on any atom is 0.222 e. The summed E-state index contributed by atoms with van der Waals surface area (Å²) < 4.78 is 0. The van der Waals surface area contributed by atoms with Gasteiger partial charge in [-0.15, -0.1) is 0 Å². The molecule has 1 amide bonds. The van der Waals surface area contributed by atoms with Crippen molar-refractivity contribution in [2.24, 2.45) is 0 Å². The van der Waals surface area contributed by atoms with Crippen molar-refractivity contribution in [1.29, 1.82) is 0 Å². The van der Waals surface area contributed by atoms with E-state index in [0.29, 0.717) is 6.42 Å². The first-order valence-electron chi connectivity index (χ1n) is 4.96. The van der Waals surface area contributed by atoms with Crippen LogP contribution in [0.5, 0.6) is 0 Å². The third kappa shape index (κ3) is 6.58. The van der Waals surface area contributed by atoms with Crippen molar-refractivity contribution in [3.63, 3.8) is 0 Å². The molecule has 78 valence electrons. The molecule has 3 heteroatoms. The van der Waals surface area contributed by atoms with Crippen molar-refractivity contribution in [2.45, 2.75) is 26.2 Å². The summed E-state index contributed by atoms with van der Waals surface area (Å²) >= 11 is 0. The third-order valence-corrected chi connectivity index (χ3v) is 1.98. The second-order valence-corrected chi connectivity index (χ2v) is 3.72. The molecule has 0 saturated carbocycles. The fraction of sp³-hybridized carbons (Fsp3) is 0.900. The molecule has 0 aliphatic heterocycles. The lowest BCUT2D eigenvalue weighted by Crippen LogP contribution is -2.28. The Labute approximate surface area is 81.7 Å². The average Bonchev–Trinajstić information content (AvgIpc) is 2.04. The van der Waals surface area contributed by atoms with Gasteiger partial charge >= 0.3 is 0 Å². The Kier molecular flexibility index (Phi) is 6.59. The van der Waals surface area contributed by atoms with Gasteiger partial charge in [-0.2, -0.15) is 0 Å². The summed E-state index contributed by atoms with van der Waals surface area (Å²) in [5.41, 5.74) is 0. The molecule has 0 unspecified atom stereocenters. The summed E-state index contributed by atoms with van der Waals surface area (Å²) in [7, 11) is 5.93. The highest BCUT2D eigenvalue weighted by Crippen LogP contribution is 1.97. The number of amides is 1. The van der Waals surface area contributed by atoms with E-state index in [0.717, 1.165) is 25.9 Å². The van der Waals surface area contributed by atoms with Gasteiger partial charge in [-0.25, -0.2) is 0 Å². The molecule has 0 aliphatic carbocycles. The molecule has 0 N–H and O–H groups in total. The van der Waals surface area contributed by atoms with E-state index < -0.39 is 0 Å². The van der Waals surface area contributed by atoms with Crippen LogP contribution in [0.1, 0.15) is 26.2 Å². The van der Waals surface area contributed by atoms with E-state index in [1.165, 1.54) is 0 Å². The smallest absolute Gasteiger partial charge is 0.222 e. The molecule has 0 rings (SSSR count). The van der Waals surface area contributed by atoms with E-state index >= 15 is 0 Å². The van der Waals surface area contributed by atoms with Gasteiger partial charge in [-0.1, -0.05) is 6.92 Å². The Morgan fingerprint density at radius 1 is 1.15 bits per heavy atom. The number of carbonyl (C=O) groups excluding carboxylic acids is 1. The van der Waals surface area contributed by atoms with Crippen LogP contribution in [0.3, 0.4) is 0 Å². The molecule has 13 heavy (non-hydrogen) atoms. The average molecular weight is 186 g/mol. The predicted octanol–water partition coefficient (Wildman–Crippen LogP) is 1.20. The zero-order chi connectivity index (χ0) is 10.3. The van der Waals surface area contributed by atoms with Crippen LogP contribution in [-0.4, -0.2) is 49.9 Å². The minimum atomic E-state index is 0.267. The number of rotatable bonds is 6. The van der Waals surface area contributed by atoms with Crippen molar-refractivity contribution in [3.05, 3.63) is 0 Å². The highest BCUT2D eigenvalue weighted by molar-refractivity contribution is 5.75. The van der Waals surface area contributed by atoms with Crippen LogP contribution in [0, 0.1) is 0 Å². The zero-order valence-corrected chi connectivity index (χ0v) is 9.34. The van der Waals surface area contributed by atoms with Crippen LogP contribution in [0.4, 0.5) is 0 Å². The van der Waals surface area contributed by atoms with Gasteiger partial charge in [0.25, 0.3) is 0 Å². The molecular weight excluding hydrogens is 164 g/mol. The van der Waals surface area contributed by atoms with Crippen LogP contribution in [0.25, 0.3) is 0 Å². The van der Waals surface area contributed by atoms with Crippen molar-refractivity contribution < 1.29 is 4.79 Å². The Balaban J connectivity index is 3.50. The lowest BCUT2D eigenvalue weighted by molar-refractivity contribution is -0.130. The van der Waals surface area contributed by atoms with Gasteiger partial charge in [0.2, 0.25) is 5.91 Å². The van der Waals surface area contributed by atoms with E-state index in [9.17, 15) is 4.79 Å². The van der Waals surface area contributed by atoms with Crippen LogP contribution < -0.4 is 0 Å². The van der Waals surface area contributed by atoms with Crippen LogP contribution in [0.15, 0.2) is 0 Å². The van der Waals surface area contributed by atoms with Crippen molar-refractivity contribution in [1.82, 2.24) is 9.80 Å². The molecule has 0 aliphatic rings. The number of nitrogens with zero attached hydrogens (tertiary/aromatic N) is 2. The summed E-state index contributed by atoms with van der Waals surface area (Å²) in [5, 5.41) is 0. The molecule has 0 fully saturated rings. The maximum absolute atomic E-state index is 11.4. The highest BCUT2D eigenvalue weighted by atomic mass is 16.2. The normalized spacial score (nSPS) is 10.5. The lowest BCUT2D eigenvalue weighted by atomic mass is 10.2. The van der Waals surface area contributed by atoms with E-state index in [1.54, 1.807) is 0 Å². The lowest BCUT2D eigenvalue weighted by Gasteiger charge is -2.16. The van der Waals surface area contributed by atoms with Crippen molar-refractivity contribution in [2.75, 3.05) is 34.2 Å². The maximum atomic E-state index is 11.4. The largest absolute Gasteiger partial charge is 0.346 e. The topological polar surface area (TPSA) is 23.6 Å². The minimum Gasteiger partial charge on any atom is -0.346 e. The van der Waals surface area contributed by atoms with E-state index in [2.05, 4.69) is 11.8 Å². The Bertz CT molecular complexity index is 146. The van der Waals surface area contributed by atoms with Crippen LogP contribution >= 0.6 is 0 Å². The monoisotopic (exact) mass is 186 g/mol. The minimum absolute atomic E-state index is 0.267. The zero-order valence-electron chi connectivity index (χ0n) is 9.34. The SMILES string of the molecule is CCCN(C)C(=O)CCCN(C)C. The van der Waals surface area contributed by atoms with Gasteiger partial charge in [0, 0.05) is 20.0 Å². The Hall–Kier alpha value is -0.570. The van der Waals surface area contributed by atoms with Crippen LogP contribution in [-0.2, 0) is 4.79 Å². The van der Waals surface area contributed by atoms with Gasteiger partial charge in [-0.05, 0) is 33.5 Å². The van der Waals surface area contributed by atoms with Gasteiger partial charge in [0.15, 0.2) is 0 Å². The molecule has 0 aromatic heterocycles. The molecule has 0 spiro atoms. The molecule has 0 radical (unpaired) electrons. The quantitative estimate of drug-likeness (QED) is 0.622. The van der Waals surface area contributed by atoms with Crippen LogP contribution in [0.2, 0.25) is 0 Å². The summed E-state index contributed by atoms with van der Waals surface area (Å²) in [6, 6.07) is 0. The standard InChI is InChI=1S/C10H22N2O/c1-5-8-12(4)10(13)7-6-9-11(2)3/h5-9H2,1-4H3. The summed E-state index contributed by atoms with van der Waals surface area (Å²) in [6.45, 7) is 3.95. The first kappa shape index (κ1) is 12.4. The van der Waals surface area contributed by atoms with E-state index in [-0.39, 0.29) is 5.91 Å². The molecule has 3 nitrogen and oxygen atoms in total. The van der Waals surface area contributed by atoms with Gasteiger partial charge in [0.05, 0.1) is 0 Å². The first-order chi connectivity index (χ1) is 6.07. The molecule has 0 aromatic carbocycles. The van der Waals surface area contributed by atoms with E-state index in [4.69, 9.17) is 0 Å². The molecule has 0 heterocycles. The molecule has 0 atom stereocenters. The van der Waals surface area contributed by atoms with Crippen molar-refractivity contribution >= 4 is 5.91 Å². The summed E-state index contributed by atoms with van der Waals surface area (Å²) in [5.74, 6) is 0.267. The van der Waals surface area contributed by atoms with Crippen molar-refractivity contribution in [3.8, 4) is 0 Å². The third-order valence-electron chi connectivity index (χ3n) is 1.98. The highest BCUT2D eigenvalue weighted by Gasteiger charge is 2.06. The Morgan fingerprint density at radius 2 is 1.77 bits per heavy atom. The summed E-state index contributed by atoms with van der Waals surface area (Å²) in [6.07, 6.45) is 2.67. The molecule has 0 saturated heterocycles. The van der Waals surface area contributed by atoms with Gasteiger partial charge in [-0.3, -0.25) is 4.79 Å². The number of hydrogen-bond donors (Lipinski definition) is 0. The molecule has 0 bridgehead atoms. The predicted molar refractivity (Wildman–Crippen MR) is 55.7 cm³/mol. The number of hydrogen-bond acceptors (Lipinski definition) is 2. The fourth-order valence-electron chi connectivity index (χ4n) is 1.20. The molecular formula is C10H22N2O. The second-order valence-electron chi connectivity index (χ2n) is 3.72. The first-order valence-corrected chi connectivity index (χ1v) is 4.96. The number of carbonyl (C=O) groups is 1. The van der Waals surface area contributed by atoms with Gasteiger partial charge < -0.3 is 9.80 Å². The second kappa shape index (κ2) is 6.89. The summed E-state index contributed by atoms with van der Waals surface area (Å²) in [4.78, 5) is 15.3. The van der Waals surface area contributed by atoms with E-state index in [1.807, 2.05) is 26.0 Å². The van der Waals surface area contributed by atoms with Gasteiger partial charge in [0.1, 0.15) is 0 Å². The fourth-order valence-corrected chi connectivity index (χ4v) is 1.20.